The lowest BCUT2D eigenvalue weighted by atomic mass is 10.1. The molecule has 0 atom stereocenters. The van der Waals surface area contributed by atoms with Crippen LogP contribution >= 0.6 is 11.3 Å². The molecule has 2 heterocycles. The quantitative estimate of drug-likeness (QED) is 0.613. The van der Waals surface area contributed by atoms with Gasteiger partial charge in [0.05, 0.1) is 10.6 Å². The number of thiazole rings is 1. The molecule has 5 nitrogen and oxygen atoms in total. The van der Waals surface area contributed by atoms with Crippen LogP contribution < -0.4 is 5.32 Å². The van der Waals surface area contributed by atoms with Gasteiger partial charge in [0, 0.05) is 23.0 Å². The zero-order chi connectivity index (χ0) is 16.5. The van der Waals surface area contributed by atoms with E-state index >= 15 is 0 Å². The first-order valence-corrected chi connectivity index (χ1v) is 8.12. The molecule has 0 unspecified atom stereocenters. The number of benzene rings is 2. The van der Waals surface area contributed by atoms with Crippen LogP contribution in [0.25, 0.3) is 11.6 Å². The van der Waals surface area contributed by atoms with Gasteiger partial charge in [-0.2, -0.15) is 4.98 Å². The van der Waals surface area contributed by atoms with Crippen molar-refractivity contribution in [1.29, 1.82) is 0 Å². The van der Waals surface area contributed by atoms with E-state index in [4.69, 9.17) is 0 Å². The highest BCUT2D eigenvalue weighted by Crippen LogP contribution is 2.37. The van der Waals surface area contributed by atoms with E-state index in [0.29, 0.717) is 10.0 Å². The number of nitrogens with zero attached hydrogens (tertiary/aromatic N) is 2. The molecule has 3 aromatic rings. The highest BCUT2D eigenvalue weighted by Gasteiger charge is 2.14. The number of aromatic nitrogens is 1. The largest absolute Gasteiger partial charge is 0.508 e. The first-order chi connectivity index (χ1) is 11.7. The molecule has 1 aromatic heterocycles. The van der Waals surface area contributed by atoms with Gasteiger partial charge in [-0.15, -0.1) is 0 Å². The maximum Gasteiger partial charge on any atom is 0.231 e. The van der Waals surface area contributed by atoms with Crippen molar-refractivity contribution < 1.29 is 10.2 Å². The average Bonchev–Trinajstić information content (AvgIpc) is 3.14. The van der Waals surface area contributed by atoms with E-state index in [1.807, 2.05) is 30.3 Å². The van der Waals surface area contributed by atoms with Crippen molar-refractivity contribution >= 4 is 45.7 Å². The Morgan fingerprint density at radius 3 is 2.62 bits per heavy atom. The molecule has 1 aliphatic heterocycles. The molecule has 0 saturated heterocycles. The second kappa shape index (κ2) is 5.82. The number of allylic oxidation sites excluding steroid dienone is 1. The van der Waals surface area contributed by atoms with Gasteiger partial charge in [-0.25, -0.2) is 0 Å². The number of phenolic OH excluding ortho intramolecular Hbond substituents is 1. The smallest absolute Gasteiger partial charge is 0.231 e. The molecule has 3 N–H and O–H groups in total. The third-order valence-corrected chi connectivity index (χ3v) is 4.50. The lowest BCUT2D eigenvalue weighted by molar-refractivity contribution is 0.457. The Bertz CT molecular complexity index is 959. The number of aromatic hydroxyl groups is 2. The van der Waals surface area contributed by atoms with Gasteiger partial charge in [0.15, 0.2) is 5.13 Å². The number of para-hydroxylation sites is 1. The molecule has 0 aliphatic carbocycles. The van der Waals surface area contributed by atoms with Gasteiger partial charge < -0.3 is 15.5 Å². The standard InChI is InChI=1S/C18H13N3O2S/c22-13-7-5-12(6-8-13)20-18-21-17(23)16(24-18)9-11-10-19-15-4-2-1-3-14(11)15/h1-10,22-23H,(H,20,21)/b11-9+. The molecule has 1 aliphatic rings. The van der Waals surface area contributed by atoms with Crippen molar-refractivity contribution in [1.82, 2.24) is 4.98 Å². The van der Waals surface area contributed by atoms with E-state index in [0.717, 1.165) is 22.5 Å². The Morgan fingerprint density at radius 1 is 1.00 bits per heavy atom. The number of rotatable bonds is 3. The number of aliphatic imine (C=N–C) groups is 1. The molecule has 0 fully saturated rings. The van der Waals surface area contributed by atoms with Gasteiger partial charge in [0.2, 0.25) is 5.88 Å². The normalized spacial score (nSPS) is 14.1. The second-order valence-electron chi connectivity index (χ2n) is 5.25. The Morgan fingerprint density at radius 2 is 1.79 bits per heavy atom. The van der Waals surface area contributed by atoms with Crippen molar-refractivity contribution in [3.05, 3.63) is 59.0 Å². The first-order valence-electron chi connectivity index (χ1n) is 7.30. The van der Waals surface area contributed by atoms with Crippen LogP contribution in [-0.4, -0.2) is 21.4 Å². The third-order valence-electron chi connectivity index (χ3n) is 3.60. The van der Waals surface area contributed by atoms with Gasteiger partial charge in [-0.1, -0.05) is 29.5 Å². The van der Waals surface area contributed by atoms with Crippen LogP contribution in [0.1, 0.15) is 10.4 Å². The molecule has 4 rings (SSSR count). The van der Waals surface area contributed by atoms with E-state index in [9.17, 15) is 10.2 Å². The van der Waals surface area contributed by atoms with Gasteiger partial charge in [0.1, 0.15) is 5.75 Å². The molecule has 6 heteroatoms. The summed E-state index contributed by atoms with van der Waals surface area (Å²) in [6.07, 6.45) is 3.67. The van der Waals surface area contributed by atoms with Crippen molar-refractivity contribution in [3.63, 3.8) is 0 Å². The summed E-state index contributed by atoms with van der Waals surface area (Å²) in [6.45, 7) is 0. The van der Waals surface area contributed by atoms with Crippen LogP contribution in [0.15, 0.2) is 53.5 Å². The van der Waals surface area contributed by atoms with Crippen molar-refractivity contribution in [2.24, 2.45) is 4.99 Å². The van der Waals surface area contributed by atoms with Crippen molar-refractivity contribution in [3.8, 4) is 11.6 Å². The first kappa shape index (κ1) is 14.5. The monoisotopic (exact) mass is 335 g/mol. The van der Waals surface area contributed by atoms with Crippen LogP contribution in [0.3, 0.4) is 0 Å². The number of anilines is 2. The topological polar surface area (TPSA) is 77.7 Å². The van der Waals surface area contributed by atoms with E-state index in [2.05, 4.69) is 15.3 Å². The molecule has 0 saturated carbocycles. The predicted octanol–water partition coefficient (Wildman–Crippen LogP) is 4.55. The van der Waals surface area contributed by atoms with Gasteiger partial charge in [-0.3, -0.25) is 4.99 Å². The number of phenols is 1. The van der Waals surface area contributed by atoms with Crippen LogP contribution in [-0.2, 0) is 0 Å². The molecule has 2 aromatic carbocycles. The Hall–Kier alpha value is -3.12. The zero-order valence-electron chi connectivity index (χ0n) is 12.5. The highest BCUT2D eigenvalue weighted by atomic mass is 32.1. The fourth-order valence-electron chi connectivity index (χ4n) is 2.43. The lowest BCUT2D eigenvalue weighted by Gasteiger charge is -2.01. The van der Waals surface area contributed by atoms with Crippen LogP contribution in [0, 0.1) is 0 Å². The fraction of sp³-hybridized carbons (Fsp3) is 0. The minimum absolute atomic E-state index is 0.0217. The van der Waals surface area contributed by atoms with Gasteiger partial charge in [0.25, 0.3) is 0 Å². The summed E-state index contributed by atoms with van der Waals surface area (Å²) in [6, 6.07) is 14.5. The summed E-state index contributed by atoms with van der Waals surface area (Å²) >= 11 is 1.35. The van der Waals surface area contributed by atoms with E-state index in [-0.39, 0.29) is 11.6 Å². The summed E-state index contributed by atoms with van der Waals surface area (Å²) < 4.78 is 0. The van der Waals surface area contributed by atoms with E-state index in [1.165, 1.54) is 11.3 Å². The Balaban J connectivity index is 1.62. The number of hydrogen-bond donors (Lipinski definition) is 3. The molecule has 0 amide bonds. The maximum atomic E-state index is 10.1. The average molecular weight is 335 g/mol. The summed E-state index contributed by atoms with van der Waals surface area (Å²) in [5.74, 6) is 0.179. The van der Waals surface area contributed by atoms with Crippen LogP contribution in [0.2, 0.25) is 0 Å². The van der Waals surface area contributed by atoms with Crippen LogP contribution in [0.5, 0.6) is 11.6 Å². The Labute approximate surface area is 142 Å². The zero-order valence-corrected chi connectivity index (χ0v) is 13.3. The molecular formula is C18H13N3O2S. The van der Waals surface area contributed by atoms with Crippen molar-refractivity contribution in [2.45, 2.75) is 0 Å². The molecule has 0 spiro atoms. The van der Waals surface area contributed by atoms with E-state index < -0.39 is 0 Å². The molecular weight excluding hydrogens is 322 g/mol. The fourth-order valence-corrected chi connectivity index (χ4v) is 3.27. The molecule has 24 heavy (non-hydrogen) atoms. The lowest BCUT2D eigenvalue weighted by Crippen LogP contribution is -1.87. The van der Waals surface area contributed by atoms with E-state index in [1.54, 1.807) is 30.5 Å². The predicted molar refractivity (Wildman–Crippen MR) is 97.6 cm³/mol. The summed E-state index contributed by atoms with van der Waals surface area (Å²) in [7, 11) is 0. The van der Waals surface area contributed by atoms with Gasteiger partial charge >= 0.3 is 0 Å². The molecule has 118 valence electrons. The number of hydrogen-bond acceptors (Lipinski definition) is 6. The number of fused-ring (bicyclic) bond motifs is 1. The number of nitrogens with one attached hydrogen (secondary N) is 1. The summed E-state index contributed by atoms with van der Waals surface area (Å²) in [5.41, 5.74) is 3.70. The maximum absolute atomic E-state index is 10.1. The van der Waals surface area contributed by atoms with Gasteiger partial charge in [-0.05, 0) is 36.4 Å². The summed E-state index contributed by atoms with van der Waals surface area (Å²) in [4.78, 5) is 9.16. The minimum Gasteiger partial charge on any atom is -0.508 e. The minimum atomic E-state index is -0.0217. The Kier molecular flexibility index (Phi) is 3.51. The molecule has 0 bridgehead atoms. The molecule has 0 radical (unpaired) electrons. The third kappa shape index (κ3) is 2.75. The highest BCUT2D eigenvalue weighted by molar-refractivity contribution is 7.16. The van der Waals surface area contributed by atoms with Crippen LogP contribution in [0.4, 0.5) is 16.5 Å². The second-order valence-corrected chi connectivity index (χ2v) is 6.28. The van der Waals surface area contributed by atoms with Crippen molar-refractivity contribution in [2.75, 3.05) is 5.32 Å². The summed E-state index contributed by atoms with van der Waals surface area (Å²) in [5, 5.41) is 23.1. The SMILES string of the molecule is Oc1ccc(Nc2nc(O)c(/C=C3\C=Nc4ccccc43)s2)cc1.